The van der Waals surface area contributed by atoms with Crippen LogP contribution in [0.15, 0.2) is 47.5 Å². The van der Waals surface area contributed by atoms with Crippen molar-refractivity contribution in [2.75, 3.05) is 0 Å². The smallest absolute Gasteiger partial charge is 0.255 e. The summed E-state index contributed by atoms with van der Waals surface area (Å²) in [6, 6.07) is 8.66. The Bertz CT molecular complexity index is 825. The van der Waals surface area contributed by atoms with Crippen molar-refractivity contribution in [1.29, 1.82) is 0 Å². The molecule has 3 rings (SSSR count). The van der Waals surface area contributed by atoms with Crippen LogP contribution in [0.4, 0.5) is 0 Å². The first-order valence-electron chi connectivity index (χ1n) is 5.71. The lowest BCUT2D eigenvalue weighted by molar-refractivity contribution is 0.804. The largest absolute Gasteiger partial charge is 0.329 e. The second-order valence-corrected chi connectivity index (χ2v) is 4.88. The first kappa shape index (κ1) is 12.9. The third-order valence-electron chi connectivity index (χ3n) is 2.78. The van der Waals surface area contributed by atoms with Gasteiger partial charge in [-0.05, 0) is 24.3 Å². The third-order valence-corrected chi connectivity index (χ3v) is 3.19. The predicted molar refractivity (Wildman–Crippen MR) is 77.4 cm³/mol. The summed E-state index contributed by atoms with van der Waals surface area (Å²) >= 11 is 11.8. The Hall–Kier alpha value is -2.11. The van der Waals surface area contributed by atoms with Gasteiger partial charge in [0.15, 0.2) is 5.15 Å². The molecule has 0 unspecified atom stereocenters. The molecule has 5 nitrogen and oxygen atoms in total. The van der Waals surface area contributed by atoms with Crippen LogP contribution >= 0.6 is 23.2 Å². The highest BCUT2D eigenvalue weighted by molar-refractivity contribution is 6.31. The number of halogens is 2. The maximum Gasteiger partial charge on any atom is 0.255 e. The molecule has 100 valence electrons. The minimum absolute atomic E-state index is 0.192. The van der Waals surface area contributed by atoms with Crippen LogP contribution in [-0.4, -0.2) is 20.0 Å². The number of hydrogen-bond acceptors (Lipinski definition) is 3. The van der Waals surface area contributed by atoms with Gasteiger partial charge in [-0.15, -0.1) is 5.10 Å². The Kier molecular flexibility index (Phi) is 3.30. The molecule has 0 aliphatic heterocycles. The van der Waals surface area contributed by atoms with E-state index in [1.165, 1.54) is 4.68 Å². The number of aromatic nitrogens is 4. The van der Waals surface area contributed by atoms with Gasteiger partial charge in [0, 0.05) is 22.3 Å². The summed E-state index contributed by atoms with van der Waals surface area (Å²) in [6.07, 6.45) is 3.13. The van der Waals surface area contributed by atoms with Crippen LogP contribution in [0.3, 0.4) is 0 Å². The van der Waals surface area contributed by atoms with Gasteiger partial charge in [-0.25, -0.2) is 4.68 Å². The predicted octanol–water partition coefficient (Wildman–Crippen LogP) is 2.93. The van der Waals surface area contributed by atoms with Crippen molar-refractivity contribution in [2.24, 2.45) is 0 Å². The molecule has 0 saturated carbocycles. The summed E-state index contributed by atoms with van der Waals surface area (Å²) in [5.41, 5.74) is 1.65. The lowest BCUT2D eigenvalue weighted by atomic mass is 10.1. The van der Waals surface area contributed by atoms with Crippen LogP contribution in [-0.2, 0) is 0 Å². The molecule has 0 saturated heterocycles. The molecular formula is C13H8Cl2N4O. The molecule has 0 spiro atoms. The molecule has 0 aliphatic carbocycles. The van der Waals surface area contributed by atoms with E-state index in [4.69, 9.17) is 23.2 Å². The van der Waals surface area contributed by atoms with E-state index in [0.717, 1.165) is 0 Å². The fourth-order valence-electron chi connectivity index (χ4n) is 1.92. The lowest BCUT2D eigenvalue weighted by Crippen LogP contribution is -2.09. The molecular weight excluding hydrogens is 299 g/mol. The molecule has 2 heterocycles. The Labute approximate surface area is 123 Å². The molecule has 0 aliphatic rings. The van der Waals surface area contributed by atoms with E-state index >= 15 is 0 Å². The minimum Gasteiger partial charge on any atom is -0.329 e. The van der Waals surface area contributed by atoms with Crippen molar-refractivity contribution in [3.8, 4) is 16.8 Å². The first-order valence-corrected chi connectivity index (χ1v) is 6.46. The molecule has 1 aromatic carbocycles. The van der Waals surface area contributed by atoms with Crippen LogP contribution in [0.1, 0.15) is 0 Å². The normalized spacial score (nSPS) is 10.7. The van der Waals surface area contributed by atoms with Crippen molar-refractivity contribution in [2.45, 2.75) is 0 Å². The van der Waals surface area contributed by atoms with Gasteiger partial charge in [0.05, 0.1) is 11.9 Å². The number of pyridine rings is 1. The second-order valence-electron chi connectivity index (χ2n) is 4.06. The molecule has 2 aromatic heterocycles. The quantitative estimate of drug-likeness (QED) is 0.791. The maximum absolute atomic E-state index is 11.9. The first-order chi connectivity index (χ1) is 9.65. The number of nitrogens with zero attached hydrogens (tertiary/aromatic N) is 3. The number of rotatable bonds is 2. The van der Waals surface area contributed by atoms with Gasteiger partial charge < -0.3 is 4.98 Å². The molecule has 0 bridgehead atoms. The van der Waals surface area contributed by atoms with Gasteiger partial charge in [0.25, 0.3) is 5.56 Å². The summed E-state index contributed by atoms with van der Waals surface area (Å²) in [4.78, 5) is 14.6. The zero-order valence-corrected chi connectivity index (χ0v) is 11.6. The molecule has 20 heavy (non-hydrogen) atoms. The molecule has 7 heteroatoms. The number of aromatic amines is 1. The Morgan fingerprint density at radius 3 is 2.70 bits per heavy atom. The number of hydrogen-bond donors (Lipinski definition) is 1. The zero-order valence-electron chi connectivity index (χ0n) is 10.0. The van der Waals surface area contributed by atoms with E-state index in [1.807, 2.05) is 0 Å². The van der Waals surface area contributed by atoms with E-state index in [-0.39, 0.29) is 10.7 Å². The highest BCUT2D eigenvalue weighted by Gasteiger charge is 2.12. The fourth-order valence-corrected chi connectivity index (χ4v) is 2.21. The summed E-state index contributed by atoms with van der Waals surface area (Å²) in [6.45, 7) is 0. The zero-order chi connectivity index (χ0) is 14.1. The van der Waals surface area contributed by atoms with E-state index in [0.29, 0.717) is 21.8 Å². The Balaban J connectivity index is 2.27. The second kappa shape index (κ2) is 5.11. The van der Waals surface area contributed by atoms with E-state index in [2.05, 4.69) is 15.3 Å². The molecule has 3 aromatic rings. The monoisotopic (exact) mass is 306 g/mol. The summed E-state index contributed by atoms with van der Waals surface area (Å²) in [5, 5.41) is 8.43. The van der Waals surface area contributed by atoms with Crippen molar-refractivity contribution in [3.63, 3.8) is 0 Å². The Morgan fingerprint density at radius 2 is 2.00 bits per heavy atom. The highest BCUT2D eigenvalue weighted by atomic mass is 35.5. The molecule has 1 N–H and O–H groups in total. The summed E-state index contributed by atoms with van der Waals surface area (Å²) in [7, 11) is 0. The van der Waals surface area contributed by atoms with Crippen molar-refractivity contribution in [1.82, 2.24) is 20.0 Å². The molecule has 0 atom stereocenters. The van der Waals surface area contributed by atoms with Gasteiger partial charge in [-0.3, -0.25) is 4.79 Å². The minimum atomic E-state index is -0.192. The summed E-state index contributed by atoms with van der Waals surface area (Å²) < 4.78 is 1.48. The van der Waals surface area contributed by atoms with E-state index in [1.54, 1.807) is 42.7 Å². The average Bonchev–Trinajstić information content (AvgIpc) is 2.86. The molecule has 0 fully saturated rings. The van der Waals surface area contributed by atoms with Crippen LogP contribution < -0.4 is 5.56 Å². The standard InChI is InChI=1S/C13H8Cl2N4O/c14-8-3-4-9(10-2-1-5-16-13(10)20)11(6-8)19-7-12(15)17-18-19/h1-7H,(H,16,20). The average molecular weight is 307 g/mol. The van der Waals surface area contributed by atoms with Crippen LogP contribution in [0.2, 0.25) is 10.2 Å². The Morgan fingerprint density at radius 1 is 1.15 bits per heavy atom. The lowest BCUT2D eigenvalue weighted by Gasteiger charge is -2.09. The molecule has 0 radical (unpaired) electrons. The van der Waals surface area contributed by atoms with Crippen molar-refractivity contribution >= 4 is 23.2 Å². The summed E-state index contributed by atoms with van der Waals surface area (Å²) in [5.74, 6) is 0. The van der Waals surface area contributed by atoms with Gasteiger partial charge in [-0.1, -0.05) is 34.5 Å². The highest BCUT2D eigenvalue weighted by Crippen LogP contribution is 2.27. The van der Waals surface area contributed by atoms with Crippen LogP contribution in [0.25, 0.3) is 16.8 Å². The van der Waals surface area contributed by atoms with Gasteiger partial charge >= 0.3 is 0 Å². The third kappa shape index (κ3) is 2.33. The van der Waals surface area contributed by atoms with Crippen molar-refractivity contribution < 1.29 is 0 Å². The topological polar surface area (TPSA) is 63.6 Å². The van der Waals surface area contributed by atoms with E-state index in [9.17, 15) is 4.79 Å². The number of benzene rings is 1. The SMILES string of the molecule is O=c1[nH]cccc1-c1ccc(Cl)cc1-n1cc(Cl)nn1. The van der Waals surface area contributed by atoms with Crippen LogP contribution in [0.5, 0.6) is 0 Å². The fraction of sp³-hybridized carbons (Fsp3) is 0. The van der Waals surface area contributed by atoms with Crippen LogP contribution in [0, 0.1) is 0 Å². The van der Waals surface area contributed by atoms with Gasteiger partial charge in [-0.2, -0.15) is 0 Å². The number of nitrogens with one attached hydrogen (secondary N) is 1. The van der Waals surface area contributed by atoms with Gasteiger partial charge in [0.1, 0.15) is 0 Å². The van der Waals surface area contributed by atoms with Gasteiger partial charge in [0.2, 0.25) is 0 Å². The van der Waals surface area contributed by atoms with E-state index < -0.39 is 0 Å². The number of H-pyrrole nitrogens is 1. The maximum atomic E-state index is 11.9. The van der Waals surface area contributed by atoms with Crippen molar-refractivity contribution in [3.05, 3.63) is 63.3 Å². The molecule has 0 amide bonds.